The minimum Gasteiger partial charge on any atom is -0.373 e. The summed E-state index contributed by atoms with van der Waals surface area (Å²) in [6.45, 7) is 4.34. The normalized spacial score (nSPS) is 22.3. The quantitative estimate of drug-likeness (QED) is 0.807. The molecule has 1 amide bonds. The number of nitrogens with one attached hydrogen (secondary N) is 1. The summed E-state index contributed by atoms with van der Waals surface area (Å²) in [6.07, 6.45) is -10.2. The number of hydrogen-bond donors (Lipinski definition) is 1. The molecule has 1 aromatic carbocycles. The molecule has 0 saturated carbocycles. The van der Waals surface area contributed by atoms with E-state index in [0.29, 0.717) is 25.2 Å². The fourth-order valence-electron chi connectivity index (χ4n) is 2.84. The fraction of sp³-hybridized carbons (Fsp3) is 0.562. The summed E-state index contributed by atoms with van der Waals surface area (Å²) in [7, 11) is 0. The van der Waals surface area contributed by atoms with Crippen LogP contribution in [0.15, 0.2) is 18.2 Å². The predicted octanol–water partition coefficient (Wildman–Crippen LogP) is 3.77. The Kier molecular flexibility index (Phi) is 5.86. The van der Waals surface area contributed by atoms with E-state index >= 15 is 0 Å². The molecule has 10 heteroatoms. The Morgan fingerprint density at radius 3 is 1.92 bits per heavy atom. The summed E-state index contributed by atoms with van der Waals surface area (Å²) in [6, 6.07) is 0.983. The first kappa shape index (κ1) is 20.5. The predicted molar refractivity (Wildman–Crippen MR) is 81.5 cm³/mol. The zero-order chi connectivity index (χ0) is 19.7. The fourth-order valence-corrected chi connectivity index (χ4v) is 2.84. The van der Waals surface area contributed by atoms with Crippen molar-refractivity contribution in [1.29, 1.82) is 0 Å². The Morgan fingerprint density at radius 1 is 1.04 bits per heavy atom. The number of nitrogens with zero attached hydrogens (tertiary/aromatic N) is 1. The van der Waals surface area contributed by atoms with E-state index in [2.05, 4.69) is 5.32 Å². The van der Waals surface area contributed by atoms with Gasteiger partial charge in [0.15, 0.2) is 0 Å². The van der Waals surface area contributed by atoms with Crippen molar-refractivity contribution >= 4 is 11.6 Å². The topological polar surface area (TPSA) is 41.6 Å². The molecule has 1 fully saturated rings. The Balaban J connectivity index is 2.16. The number of morpholine rings is 1. The molecule has 1 aliphatic heterocycles. The van der Waals surface area contributed by atoms with Crippen molar-refractivity contribution < 1.29 is 35.9 Å². The maximum absolute atomic E-state index is 12.8. The Morgan fingerprint density at radius 2 is 1.50 bits per heavy atom. The number of carbonyl (C=O) groups is 1. The molecule has 4 nitrogen and oxygen atoms in total. The van der Waals surface area contributed by atoms with Crippen LogP contribution in [-0.4, -0.2) is 42.6 Å². The molecule has 1 aromatic rings. The maximum Gasteiger partial charge on any atom is 0.416 e. The molecule has 1 aliphatic rings. The standard InChI is InChI=1S/C16H18F6N2O2/c1-9-6-24(7-10(2)26-9)8-14(25)23-13-4-11(15(17,18)19)3-12(5-13)16(20,21)22/h3-5,9-10H,6-8H2,1-2H3,(H,23,25)/t9-,10-/m1/s1. The number of hydrogen-bond acceptors (Lipinski definition) is 3. The SMILES string of the molecule is C[C@@H]1CN(CC(=O)Nc2cc(C(F)(F)F)cc(C(F)(F)F)c2)C[C@@H](C)O1. The van der Waals surface area contributed by atoms with Crippen LogP contribution in [0.4, 0.5) is 32.0 Å². The Bertz CT molecular complexity index is 617. The Labute approximate surface area is 146 Å². The maximum atomic E-state index is 12.8. The summed E-state index contributed by atoms with van der Waals surface area (Å²) in [4.78, 5) is 13.8. The van der Waals surface area contributed by atoms with E-state index in [1.807, 2.05) is 13.8 Å². The van der Waals surface area contributed by atoms with E-state index in [-0.39, 0.29) is 24.8 Å². The number of halogens is 6. The first-order chi connectivity index (χ1) is 11.8. The monoisotopic (exact) mass is 384 g/mol. The van der Waals surface area contributed by atoms with Gasteiger partial charge in [-0.1, -0.05) is 0 Å². The van der Waals surface area contributed by atoms with Crippen LogP contribution in [0.2, 0.25) is 0 Å². The molecule has 0 unspecified atom stereocenters. The van der Waals surface area contributed by atoms with Gasteiger partial charge in [0.05, 0.1) is 29.9 Å². The number of alkyl halides is 6. The average molecular weight is 384 g/mol. The van der Waals surface area contributed by atoms with Gasteiger partial charge in [0.25, 0.3) is 0 Å². The Hall–Kier alpha value is -1.81. The van der Waals surface area contributed by atoms with Gasteiger partial charge in [0, 0.05) is 18.8 Å². The van der Waals surface area contributed by atoms with Crippen LogP contribution in [0.1, 0.15) is 25.0 Å². The second-order valence-corrected chi connectivity index (χ2v) is 6.29. The molecule has 1 heterocycles. The highest BCUT2D eigenvalue weighted by molar-refractivity contribution is 5.92. The van der Waals surface area contributed by atoms with Gasteiger partial charge in [-0.2, -0.15) is 26.3 Å². The van der Waals surface area contributed by atoms with Crippen LogP contribution in [0.3, 0.4) is 0 Å². The smallest absolute Gasteiger partial charge is 0.373 e. The van der Waals surface area contributed by atoms with Crippen molar-refractivity contribution in [3.8, 4) is 0 Å². The third-order valence-electron chi connectivity index (χ3n) is 3.73. The van der Waals surface area contributed by atoms with Gasteiger partial charge < -0.3 is 10.1 Å². The van der Waals surface area contributed by atoms with Crippen LogP contribution < -0.4 is 5.32 Å². The van der Waals surface area contributed by atoms with E-state index in [0.717, 1.165) is 0 Å². The summed E-state index contributed by atoms with van der Waals surface area (Å²) in [5.41, 5.74) is -3.50. The summed E-state index contributed by atoms with van der Waals surface area (Å²) >= 11 is 0. The second kappa shape index (κ2) is 7.43. The van der Waals surface area contributed by atoms with Crippen molar-refractivity contribution in [2.24, 2.45) is 0 Å². The van der Waals surface area contributed by atoms with Crippen LogP contribution in [0, 0.1) is 0 Å². The van der Waals surface area contributed by atoms with Crippen LogP contribution >= 0.6 is 0 Å². The van der Waals surface area contributed by atoms with E-state index < -0.39 is 35.1 Å². The molecular weight excluding hydrogens is 366 g/mol. The second-order valence-electron chi connectivity index (χ2n) is 6.29. The van der Waals surface area contributed by atoms with Crippen LogP contribution in [0.5, 0.6) is 0 Å². The van der Waals surface area contributed by atoms with Gasteiger partial charge >= 0.3 is 12.4 Å². The summed E-state index contributed by atoms with van der Waals surface area (Å²) in [5.74, 6) is -0.696. The molecule has 0 bridgehead atoms. The summed E-state index contributed by atoms with van der Waals surface area (Å²) < 4.78 is 82.5. The lowest BCUT2D eigenvalue weighted by Gasteiger charge is -2.34. The van der Waals surface area contributed by atoms with Gasteiger partial charge in [-0.05, 0) is 32.0 Å². The van der Waals surface area contributed by atoms with Gasteiger partial charge in [-0.25, -0.2) is 0 Å². The van der Waals surface area contributed by atoms with Crippen molar-refractivity contribution in [3.05, 3.63) is 29.3 Å². The van der Waals surface area contributed by atoms with Crippen molar-refractivity contribution in [3.63, 3.8) is 0 Å². The highest BCUT2D eigenvalue weighted by atomic mass is 19.4. The lowest BCUT2D eigenvalue weighted by atomic mass is 10.1. The minimum atomic E-state index is -4.96. The molecule has 146 valence electrons. The van der Waals surface area contributed by atoms with E-state index in [1.165, 1.54) is 0 Å². The van der Waals surface area contributed by atoms with Crippen LogP contribution in [0.25, 0.3) is 0 Å². The number of amides is 1. The van der Waals surface area contributed by atoms with E-state index in [1.54, 1.807) is 4.90 Å². The van der Waals surface area contributed by atoms with Crippen LogP contribution in [-0.2, 0) is 21.9 Å². The number of anilines is 1. The number of carbonyl (C=O) groups excluding carboxylic acids is 1. The number of rotatable bonds is 3. The zero-order valence-electron chi connectivity index (χ0n) is 14.0. The zero-order valence-corrected chi connectivity index (χ0v) is 14.0. The first-order valence-corrected chi connectivity index (χ1v) is 7.81. The third kappa shape index (κ3) is 5.60. The molecule has 2 atom stereocenters. The van der Waals surface area contributed by atoms with Gasteiger partial charge in [-0.3, -0.25) is 9.69 Å². The lowest BCUT2D eigenvalue weighted by molar-refractivity contribution is -0.143. The third-order valence-corrected chi connectivity index (χ3v) is 3.73. The van der Waals surface area contributed by atoms with E-state index in [9.17, 15) is 31.1 Å². The molecule has 1 saturated heterocycles. The summed E-state index contributed by atoms with van der Waals surface area (Å²) in [5, 5.41) is 2.12. The number of ether oxygens (including phenoxy) is 1. The molecule has 1 N–H and O–H groups in total. The van der Waals surface area contributed by atoms with Crippen molar-refractivity contribution in [2.75, 3.05) is 25.0 Å². The van der Waals surface area contributed by atoms with Gasteiger partial charge in [0.2, 0.25) is 5.91 Å². The molecule has 0 radical (unpaired) electrons. The van der Waals surface area contributed by atoms with E-state index in [4.69, 9.17) is 4.74 Å². The van der Waals surface area contributed by atoms with Gasteiger partial charge in [-0.15, -0.1) is 0 Å². The van der Waals surface area contributed by atoms with Crippen molar-refractivity contribution in [1.82, 2.24) is 4.90 Å². The molecule has 0 spiro atoms. The average Bonchev–Trinajstić information content (AvgIpc) is 2.43. The largest absolute Gasteiger partial charge is 0.416 e. The van der Waals surface area contributed by atoms with Gasteiger partial charge in [0.1, 0.15) is 0 Å². The molecule has 26 heavy (non-hydrogen) atoms. The first-order valence-electron chi connectivity index (χ1n) is 7.81. The molecule has 0 aliphatic carbocycles. The number of benzene rings is 1. The van der Waals surface area contributed by atoms with Crippen molar-refractivity contribution in [2.45, 2.75) is 38.4 Å². The highest BCUT2D eigenvalue weighted by Gasteiger charge is 2.37. The lowest BCUT2D eigenvalue weighted by Crippen LogP contribution is -2.48. The molecular formula is C16H18F6N2O2. The molecule has 0 aromatic heterocycles. The minimum absolute atomic E-state index is 0.0149. The molecule has 2 rings (SSSR count). The highest BCUT2D eigenvalue weighted by Crippen LogP contribution is 2.37.